The van der Waals surface area contributed by atoms with Crippen LogP contribution in [0.15, 0.2) is 65.8 Å². The van der Waals surface area contributed by atoms with Gasteiger partial charge in [0.05, 0.1) is 37.2 Å². The van der Waals surface area contributed by atoms with Gasteiger partial charge in [-0.2, -0.15) is 0 Å². The van der Waals surface area contributed by atoms with E-state index < -0.39 is 6.03 Å². The number of aromatic nitrogens is 3. The van der Waals surface area contributed by atoms with Gasteiger partial charge in [0.15, 0.2) is 11.0 Å². The highest BCUT2D eigenvalue weighted by Crippen LogP contribution is 2.31. The number of benzene rings is 3. The largest absolute Gasteiger partial charge is 0.497 e. The van der Waals surface area contributed by atoms with Crippen LogP contribution < -0.4 is 20.1 Å². The quantitative estimate of drug-likeness (QED) is 0.231. The van der Waals surface area contributed by atoms with Gasteiger partial charge in [-0.1, -0.05) is 47.1 Å². The van der Waals surface area contributed by atoms with E-state index in [1.54, 1.807) is 60.2 Å². The van der Waals surface area contributed by atoms with Crippen LogP contribution in [0.25, 0.3) is 5.69 Å². The Balaban J connectivity index is 1.54. The number of hydrogen-bond acceptors (Lipinski definition) is 6. The highest BCUT2D eigenvalue weighted by Gasteiger charge is 2.18. The molecular formula is C25H22Cl2FN5O3S. The van der Waals surface area contributed by atoms with Crippen LogP contribution in [-0.2, 0) is 12.3 Å². The minimum absolute atomic E-state index is 0.0389. The number of nitrogens with zero attached hydrogens (tertiary/aromatic N) is 3. The molecule has 0 bridgehead atoms. The highest BCUT2D eigenvalue weighted by molar-refractivity contribution is 7.98. The number of urea groups is 1. The summed E-state index contributed by atoms with van der Waals surface area (Å²) < 4.78 is 25.5. The average Bonchev–Trinajstić information content (AvgIpc) is 3.31. The molecule has 2 amide bonds. The molecule has 0 saturated heterocycles. The van der Waals surface area contributed by atoms with Gasteiger partial charge in [-0.3, -0.25) is 4.57 Å². The molecule has 1 heterocycles. The molecule has 8 nitrogen and oxygen atoms in total. The van der Waals surface area contributed by atoms with Gasteiger partial charge in [-0.15, -0.1) is 10.2 Å². The van der Waals surface area contributed by atoms with Gasteiger partial charge in [-0.25, -0.2) is 9.18 Å². The van der Waals surface area contributed by atoms with E-state index in [1.165, 1.54) is 31.0 Å². The molecule has 0 fully saturated rings. The predicted molar refractivity (Wildman–Crippen MR) is 143 cm³/mol. The number of thioether (sulfide) groups is 1. The molecule has 4 aromatic rings. The van der Waals surface area contributed by atoms with Crippen molar-refractivity contribution in [2.75, 3.05) is 19.5 Å². The van der Waals surface area contributed by atoms with Crippen molar-refractivity contribution in [3.63, 3.8) is 0 Å². The van der Waals surface area contributed by atoms with E-state index in [9.17, 15) is 9.18 Å². The Kier molecular flexibility index (Phi) is 8.75. The van der Waals surface area contributed by atoms with Gasteiger partial charge in [0.2, 0.25) is 0 Å². The number of carbonyl (C=O) groups excluding carboxylic acids is 1. The number of methoxy groups -OCH3 is 2. The fourth-order valence-corrected chi connectivity index (χ4v) is 4.65. The molecule has 0 saturated carbocycles. The van der Waals surface area contributed by atoms with Crippen LogP contribution in [-0.4, -0.2) is 35.0 Å². The maximum atomic E-state index is 13.3. The first-order valence-corrected chi connectivity index (χ1v) is 12.7. The lowest BCUT2D eigenvalue weighted by Crippen LogP contribution is -2.29. The zero-order valence-corrected chi connectivity index (χ0v) is 22.1. The Morgan fingerprint density at radius 3 is 2.54 bits per heavy atom. The summed E-state index contributed by atoms with van der Waals surface area (Å²) in [6.45, 7) is 0.0389. The summed E-state index contributed by atoms with van der Waals surface area (Å²) in [5.74, 6) is 1.69. The summed E-state index contributed by atoms with van der Waals surface area (Å²) in [6, 6.07) is 15.8. The van der Waals surface area contributed by atoms with Gasteiger partial charge in [0.25, 0.3) is 0 Å². The first-order chi connectivity index (χ1) is 17.9. The van der Waals surface area contributed by atoms with Crippen LogP contribution >= 0.6 is 35.0 Å². The summed E-state index contributed by atoms with van der Waals surface area (Å²) in [7, 11) is 3.04. The van der Waals surface area contributed by atoms with E-state index in [1.807, 2.05) is 0 Å². The molecule has 2 N–H and O–H groups in total. The Hall–Kier alpha value is -3.47. The average molecular weight is 562 g/mol. The molecule has 1 aromatic heterocycles. The van der Waals surface area contributed by atoms with Crippen molar-refractivity contribution in [1.29, 1.82) is 0 Å². The molecule has 3 aromatic carbocycles. The van der Waals surface area contributed by atoms with Crippen LogP contribution in [0, 0.1) is 5.82 Å². The molecule has 4 rings (SSSR count). The van der Waals surface area contributed by atoms with Crippen LogP contribution in [0.2, 0.25) is 10.0 Å². The summed E-state index contributed by atoms with van der Waals surface area (Å²) >= 11 is 14.1. The van der Waals surface area contributed by atoms with Gasteiger partial charge in [0, 0.05) is 16.8 Å². The van der Waals surface area contributed by atoms with Crippen molar-refractivity contribution in [2.24, 2.45) is 0 Å². The normalized spacial score (nSPS) is 10.7. The van der Waals surface area contributed by atoms with Gasteiger partial charge in [0.1, 0.15) is 17.3 Å². The molecule has 0 aliphatic carbocycles. The first kappa shape index (κ1) is 26.6. The van der Waals surface area contributed by atoms with Crippen molar-refractivity contribution < 1.29 is 18.7 Å². The van der Waals surface area contributed by atoms with E-state index in [0.717, 1.165) is 5.56 Å². The third-order valence-corrected chi connectivity index (χ3v) is 6.75. The van der Waals surface area contributed by atoms with E-state index in [0.29, 0.717) is 49.7 Å². The maximum absolute atomic E-state index is 13.3. The highest BCUT2D eigenvalue weighted by atomic mass is 35.5. The number of halogens is 3. The second kappa shape index (κ2) is 12.2. The molecule has 37 heavy (non-hydrogen) atoms. The topological polar surface area (TPSA) is 90.3 Å². The molecular weight excluding hydrogens is 540 g/mol. The van der Waals surface area contributed by atoms with Crippen LogP contribution in [0.5, 0.6) is 11.5 Å². The molecule has 0 unspecified atom stereocenters. The lowest BCUT2D eigenvalue weighted by atomic mass is 10.2. The summed E-state index contributed by atoms with van der Waals surface area (Å²) in [5.41, 5.74) is 1.94. The Morgan fingerprint density at radius 2 is 1.81 bits per heavy atom. The number of nitrogens with one attached hydrogen (secondary N) is 2. The van der Waals surface area contributed by atoms with E-state index in [2.05, 4.69) is 20.8 Å². The monoisotopic (exact) mass is 561 g/mol. The van der Waals surface area contributed by atoms with Gasteiger partial charge in [-0.05, 0) is 48.0 Å². The standard InChI is InChI=1S/C25H22Cl2FN5O3S/c1-35-18-8-10-20(22(12-18)36-2)30-24(34)29-13-23-31-32-25(37-14-15-3-6-17(28)7-4-15)33(23)21-11-16(26)5-9-19(21)27/h3-12H,13-14H2,1-2H3,(H2,29,30,34). The number of ether oxygens (including phenoxy) is 2. The summed E-state index contributed by atoms with van der Waals surface area (Å²) in [6.07, 6.45) is 0. The Bertz CT molecular complexity index is 1400. The summed E-state index contributed by atoms with van der Waals surface area (Å²) in [4.78, 5) is 12.7. The summed E-state index contributed by atoms with van der Waals surface area (Å²) in [5, 5.41) is 15.5. The molecule has 12 heteroatoms. The number of amides is 2. The zero-order valence-electron chi connectivity index (χ0n) is 19.8. The van der Waals surface area contributed by atoms with E-state index in [-0.39, 0.29) is 12.4 Å². The number of rotatable bonds is 9. The number of carbonyl (C=O) groups is 1. The van der Waals surface area contributed by atoms with Crippen molar-refractivity contribution >= 4 is 46.7 Å². The molecule has 192 valence electrons. The van der Waals surface area contributed by atoms with Crippen molar-refractivity contribution in [2.45, 2.75) is 17.5 Å². The predicted octanol–water partition coefficient (Wildman–Crippen LogP) is 6.34. The fourth-order valence-electron chi connectivity index (χ4n) is 3.36. The molecule has 0 spiro atoms. The molecule has 0 aliphatic rings. The third kappa shape index (κ3) is 6.65. The zero-order chi connectivity index (χ0) is 26.4. The van der Waals surface area contributed by atoms with Crippen molar-refractivity contribution in [1.82, 2.24) is 20.1 Å². The van der Waals surface area contributed by atoms with Gasteiger partial charge < -0.3 is 20.1 Å². The SMILES string of the molecule is COc1ccc(NC(=O)NCc2nnc(SCc3ccc(F)cc3)n2-c2cc(Cl)ccc2Cl)c(OC)c1. The first-order valence-electron chi connectivity index (χ1n) is 10.9. The third-order valence-electron chi connectivity index (χ3n) is 5.19. The van der Waals surface area contributed by atoms with Crippen LogP contribution in [0.4, 0.5) is 14.9 Å². The second-order valence-corrected chi connectivity index (χ2v) is 9.41. The Labute approximate surface area is 227 Å². The number of hydrogen-bond donors (Lipinski definition) is 2. The molecule has 0 atom stereocenters. The Morgan fingerprint density at radius 1 is 1.03 bits per heavy atom. The number of anilines is 1. The second-order valence-electron chi connectivity index (χ2n) is 7.62. The maximum Gasteiger partial charge on any atom is 0.319 e. The smallest absolute Gasteiger partial charge is 0.319 e. The van der Waals surface area contributed by atoms with E-state index in [4.69, 9.17) is 32.7 Å². The lowest BCUT2D eigenvalue weighted by Gasteiger charge is -2.14. The van der Waals surface area contributed by atoms with Crippen molar-refractivity contribution in [3.05, 3.63) is 87.9 Å². The van der Waals surface area contributed by atoms with Gasteiger partial charge >= 0.3 is 6.03 Å². The molecule has 0 radical (unpaired) electrons. The molecule has 0 aliphatic heterocycles. The van der Waals surface area contributed by atoms with E-state index >= 15 is 0 Å². The minimum Gasteiger partial charge on any atom is -0.497 e. The lowest BCUT2D eigenvalue weighted by molar-refractivity contribution is 0.251. The van der Waals surface area contributed by atoms with Crippen molar-refractivity contribution in [3.8, 4) is 17.2 Å². The van der Waals surface area contributed by atoms with Crippen LogP contribution in [0.3, 0.4) is 0 Å². The fraction of sp³-hybridized carbons (Fsp3) is 0.160. The van der Waals surface area contributed by atoms with Crippen LogP contribution in [0.1, 0.15) is 11.4 Å². The minimum atomic E-state index is -0.476.